The van der Waals surface area contributed by atoms with Crippen molar-refractivity contribution < 1.29 is 27.6 Å². The van der Waals surface area contributed by atoms with Crippen LogP contribution >= 0.6 is 0 Å². The number of nitrogens with zero attached hydrogens (tertiary/aromatic N) is 2. The molecule has 0 aliphatic rings. The zero-order chi connectivity index (χ0) is 22.9. The van der Waals surface area contributed by atoms with Crippen LogP contribution in [-0.2, 0) is 10.0 Å². The van der Waals surface area contributed by atoms with Gasteiger partial charge in [0, 0.05) is 24.6 Å². The summed E-state index contributed by atoms with van der Waals surface area (Å²) in [4.78, 5) is 21.7. The van der Waals surface area contributed by atoms with E-state index in [0.29, 0.717) is 5.56 Å². The average molecular weight is 438 g/mol. The molecule has 0 heterocycles. The lowest BCUT2D eigenvalue weighted by molar-refractivity contribution is -0.384. The van der Waals surface area contributed by atoms with E-state index in [1.807, 2.05) is 0 Å². The van der Waals surface area contributed by atoms with Gasteiger partial charge in [0.25, 0.3) is 15.7 Å². The number of carbonyl (C=O) groups is 1. The van der Waals surface area contributed by atoms with Crippen LogP contribution in [0.4, 0.5) is 14.9 Å². The number of benzene rings is 2. The van der Waals surface area contributed by atoms with E-state index in [2.05, 4.69) is 0 Å². The van der Waals surface area contributed by atoms with Gasteiger partial charge in [-0.3, -0.25) is 10.1 Å². The third-order valence-corrected chi connectivity index (χ3v) is 6.58. The van der Waals surface area contributed by atoms with Crippen molar-refractivity contribution in [3.8, 4) is 0 Å². The Morgan fingerprint density at radius 3 is 2.20 bits per heavy atom. The SMILES string of the molecule is Cc1ccc(S(=O)(=O)N(CC(c2ccc([N+](=O)[O-])cc2)C(C)(C)C)C(=O)O)cc1F. The summed E-state index contributed by atoms with van der Waals surface area (Å²) in [6, 6.07) is 8.73. The zero-order valence-electron chi connectivity index (χ0n) is 17.0. The highest BCUT2D eigenvalue weighted by molar-refractivity contribution is 7.89. The van der Waals surface area contributed by atoms with E-state index in [-0.39, 0.29) is 15.6 Å². The second-order valence-electron chi connectivity index (χ2n) is 8.00. The molecule has 8 nitrogen and oxygen atoms in total. The Balaban J connectivity index is 2.50. The van der Waals surface area contributed by atoms with Gasteiger partial charge in [0.05, 0.1) is 9.82 Å². The van der Waals surface area contributed by atoms with Gasteiger partial charge in [-0.2, -0.15) is 4.31 Å². The van der Waals surface area contributed by atoms with Crippen LogP contribution < -0.4 is 0 Å². The minimum atomic E-state index is -4.54. The van der Waals surface area contributed by atoms with Gasteiger partial charge in [0.15, 0.2) is 0 Å². The molecule has 30 heavy (non-hydrogen) atoms. The fourth-order valence-corrected chi connectivity index (χ4v) is 4.31. The molecule has 162 valence electrons. The van der Waals surface area contributed by atoms with Gasteiger partial charge >= 0.3 is 6.09 Å². The van der Waals surface area contributed by atoms with Crippen molar-refractivity contribution in [3.63, 3.8) is 0 Å². The van der Waals surface area contributed by atoms with Gasteiger partial charge in [0.1, 0.15) is 5.82 Å². The average Bonchev–Trinajstić information content (AvgIpc) is 2.63. The van der Waals surface area contributed by atoms with Gasteiger partial charge in [-0.15, -0.1) is 0 Å². The number of sulfonamides is 1. The van der Waals surface area contributed by atoms with E-state index in [1.165, 1.54) is 37.3 Å². The summed E-state index contributed by atoms with van der Waals surface area (Å²) in [7, 11) is -4.54. The maximum Gasteiger partial charge on any atom is 0.421 e. The van der Waals surface area contributed by atoms with Gasteiger partial charge in [-0.05, 0) is 35.6 Å². The minimum absolute atomic E-state index is 0.135. The summed E-state index contributed by atoms with van der Waals surface area (Å²) in [5.74, 6) is -1.37. The van der Waals surface area contributed by atoms with Gasteiger partial charge in [0.2, 0.25) is 0 Å². The highest BCUT2D eigenvalue weighted by Crippen LogP contribution is 2.37. The highest BCUT2D eigenvalue weighted by atomic mass is 32.2. The molecule has 0 aliphatic heterocycles. The lowest BCUT2D eigenvalue weighted by atomic mass is 9.76. The molecule has 0 bridgehead atoms. The number of carboxylic acid groups (broad SMARTS) is 1. The second-order valence-corrected chi connectivity index (χ2v) is 9.86. The summed E-state index contributed by atoms with van der Waals surface area (Å²) in [5.41, 5.74) is 0.0564. The molecular formula is C20H23FN2O6S. The van der Waals surface area contributed by atoms with E-state index < -0.39 is 49.6 Å². The molecule has 1 atom stereocenters. The number of aryl methyl sites for hydroxylation is 1. The Bertz CT molecular complexity index is 1060. The third kappa shape index (κ3) is 4.93. The van der Waals surface area contributed by atoms with Crippen LogP contribution in [0.3, 0.4) is 0 Å². The Labute approximate surface area is 174 Å². The first-order chi connectivity index (χ1) is 13.7. The first-order valence-electron chi connectivity index (χ1n) is 9.01. The first-order valence-corrected chi connectivity index (χ1v) is 10.5. The van der Waals surface area contributed by atoms with Crippen LogP contribution in [0.15, 0.2) is 47.4 Å². The molecule has 0 fully saturated rings. The molecular weight excluding hydrogens is 415 g/mol. The number of hydrogen-bond donors (Lipinski definition) is 1. The quantitative estimate of drug-likeness (QED) is 0.522. The number of hydrogen-bond acceptors (Lipinski definition) is 5. The monoisotopic (exact) mass is 438 g/mol. The molecule has 1 N–H and O–H groups in total. The number of non-ortho nitro benzene ring substituents is 1. The van der Waals surface area contributed by atoms with E-state index in [9.17, 15) is 32.8 Å². The molecule has 0 aromatic heterocycles. The molecule has 0 radical (unpaired) electrons. The minimum Gasteiger partial charge on any atom is -0.464 e. The summed E-state index contributed by atoms with van der Waals surface area (Å²) in [6.07, 6.45) is -1.70. The van der Waals surface area contributed by atoms with Crippen LogP contribution in [0.1, 0.15) is 37.8 Å². The number of rotatable bonds is 6. The largest absolute Gasteiger partial charge is 0.464 e. The number of halogens is 1. The summed E-state index contributed by atoms with van der Waals surface area (Å²) >= 11 is 0. The van der Waals surface area contributed by atoms with Crippen LogP contribution in [0, 0.1) is 28.3 Å². The number of nitro benzene ring substituents is 1. The van der Waals surface area contributed by atoms with Crippen molar-refractivity contribution in [3.05, 3.63) is 69.5 Å². The number of amides is 1. The molecule has 2 aromatic rings. The van der Waals surface area contributed by atoms with Gasteiger partial charge in [-0.1, -0.05) is 39.0 Å². The maximum absolute atomic E-state index is 13.9. The Kier molecular flexibility index (Phi) is 6.51. The second kappa shape index (κ2) is 8.39. The molecule has 2 aromatic carbocycles. The van der Waals surface area contributed by atoms with E-state index in [0.717, 1.165) is 12.1 Å². The van der Waals surface area contributed by atoms with Crippen molar-refractivity contribution in [1.29, 1.82) is 0 Å². The van der Waals surface area contributed by atoms with Crippen molar-refractivity contribution in [1.82, 2.24) is 4.31 Å². The highest BCUT2D eigenvalue weighted by Gasteiger charge is 2.36. The van der Waals surface area contributed by atoms with E-state index >= 15 is 0 Å². The molecule has 0 saturated heterocycles. The fourth-order valence-electron chi connectivity index (χ4n) is 3.01. The standard InChI is InChI=1S/C20H23FN2O6S/c1-13-5-10-16(11-18(13)21)30(28,29)22(19(24)25)12-17(20(2,3)4)14-6-8-15(9-7-14)23(26)27/h5-11,17H,12H2,1-4H3,(H,24,25). The fraction of sp³-hybridized carbons (Fsp3) is 0.350. The van der Waals surface area contributed by atoms with Gasteiger partial charge in [-0.25, -0.2) is 17.6 Å². The topological polar surface area (TPSA) is 118 Å². The van der Waals surface area contributed by atoms with Crippen molar-refractivity contribution in [2.45, 2.75) is 38.5 Å². The molecule has 1 unspecified atom stereocenters. The van der Waals surface area contributed by atoms with Crippen LogP contribution in [-0.4, -0.2) is 35.4 Å². The number of nitro groups is 1. The Hall–Kier alpha value is -3.01. The van der Waals surface area contributed by atoms with Crippen LogP contribution in [0.2, 0.25) is 0 Å². The van der Waals surface area contributed by atoms with Crippen LogP contribution in [0.25, 0.3) is 0 Å². The van der Waals surface area contributed by atoms with E-state index in [1.54, 1.807) is 20.8 Å². The summed E-state index contributed by atoms with van der Waals surface area (Å²) in [5, 5.41) is 20.5. The normalized spacial score (nSPS) is 13.0. The maximum atomic E-state index is 13.9. The third-order valence-electron chi connectivity index (χ3n) is 4.84. The molecule has 0 spiro atoms. The van der Waals surface area contributed by atoms with Crippen molar-refractivity contribution >= 4 is 21.8 Å². The Morgan fingerprint density at radius 1 is 1.20 bits per heavy atom. The molecule has 0 aliphatic carbocycles. The summed E-state index contributed by atoms with van der Waals surface area (Å²) < 4.78 is 40.1. The van der Waals surface area contributed by atoms with Crippen molar-refractivity contribution in [2.24, 2.45) is 5.41 Å². The summed E-state index contributed by atoms with van der Waals surface area (Å²) in [6.45, 7) is 6.44. The van der Waals surface area contributed by atoms with Crippen LogP contribution in [0.5, 0.6) is 0 Å². The van der Waals surface area contributed by atoms with Crippen molar-refractivity contribution in [2.75, 3.05) is 6.54 Å². The predicted octanol–water partition coefficient (Wildman–Crippen LogP) is 4.54. The smallest absolute Gasteiger partial charge is 0.421 e. The zero-order valence-corrected chi connectivity index (χ0v) is 17.8. The molecule has 1 amide bonds. The predicted molar refractivity (Wildman–Crippen MR) is 108 cm³/mol. The van der Waals surface area contributed by atoms with E-state index in [4.69, 9.17) is 0 Å². The molecule has 0 saturated carbocycles. The molecule has 2 rings (SSSR count). The van der Waals surface area contributed by atoms with Gasteiger partial charge < -0.3 is 5.11 Å². The lowest BCUT2D eigenvalue weighted by Gasteiger charge is -2.34. The lowest BCUT2D eigenvalue weighted by Crippen LogP contribution is -2.41. The molecule has 10 heteroatoms. The Morgan fingerprint density at radius 2 is 1.77 bits per heavy atom. The first kappa shape index (κ1) is 23.3.